The van der Waals surface area contributed by atoms with E-state index in [2.05, 4.69) is 195 Å². The second kappa shape index (κ2) is 28.7. The van der Waals surface area contributed by atoms with Crippen LogP contribution in [0.15, 0.2) is 36.5 Å². The van der Waals surface area contributed by atoms with Gasteiger partial charge < -0.3 is 55.7 Å². The van der Waals surface area contributed by atoms with E-state index in [1.54, 1.807) is 7.11 Å². The van der Waals surface area contributed by atoms with Crippen molar-refractivity contribution in [3.05, 3.63) is 36.5 Å². The molecule has 5 fully saturated rings. The molecule has 88 heavy (non-hydrogen) atoms. The summed E-state index contributed by atoms with van der Waals surface area (Å²) < 4.78 is 80.5. The normalized spacial score (nSPS) is 35.4. The number of aliphatic hydroxyl groups is 1. The highest BCUT2D eigenvalue weighted by Crippen LogP contribution is 2.50. The van der Waals surface area contributed by atoms with Crippen molar-refractivity contribution in [2.45, 2.75) is 376 Å². The predicted octanol–water partition coefficient (Wildman–Crippen LogP) is 17.0. The van der Waals surface area contributed by atoms with Crippen LogP contribution in [0.2, 0.25) is 90.7 Å². The molecule has 12 unspecified atom stereocenters. The quantitative estimate of drug-likeness (QED) is 0.131. The van der Waals surface area contributed by atoms with Crippen LogP contribution in [0.4, 0.5) is 0 Å². The molecule has 18 heteroatoms. The summed E-state index contributed by atoms with van der Waals surface area (Å²) in [5.41, 5.74) is 2.17. The number of hydrogen-bond donors (Lipinski definition) is 1. The molecular formula is C70H132O13Si5. The van der Waals surface area contributed by atoms with Crippen LogP contribution < -0.4 is 0 Å². The van der Waals surface area contributed by atoms with Gasteiger partial charge in [-0.05, 0) is 159 Å². The van der Waals surface area contributed by atoms with Crippen LogP contribution in [0.3, 0.4) is 0 Å². The minimum atomic E-state index is -2.58. The van der Waals surface area contributed by atoms with Crippen LogP contribution in [-0.2, 0) is 55.3 Å². The minimum absolute atomic E-state index is 0.0128. The Kier molecular flexibility index (Phi) is 24.9. The van der Waals surface area contributed by atoms with E-state index in [-0.39, 0.29) is 111 Å². The molecule has 13 nitrogen and oxygen atoms in total. The number of aliphatic hydroxyl groups excluding tert-OH is 1. The third-order valence-electron chi connectivity index (χ3n) is 23.7. The molecule has 18 atom stereocenters. The zero-order valence-corrected chi connectivity index (χ0v) is 66.0. The highest BCUT2D eigenvalue weighted by molar-refractivity contribution is 6.76. The molecule has 8 heterocycles. The number of ketones is 1. The van der Waals surface area contributed by atoms with E-state index in [0.717, 1.165) is 36.8 Å². The molecule has 0 saturated carbocycles. The molecule has 0 aromatic heterocycles. The molecule has 510 valence electrons. The van der Waals surface area contributed by atoms with E-state index in [1.165, 1.54) is 0 Å². The van der Waals surface area contributed by atoms with Crippen LogP contribution >= 0.6 is 0 Å². The van der Waals surface area contributed by atoms with E-state index in [0.29, 0.717) is 45.1 Å². The summed E-state index contributed by atoms with van der Waals surface area (Å²) in [5, 5.41) is 11.5. The maximum atomic E-state index is 15.4. The number of hydrogen-bond acceptors (Lipinski definition) is 13. The molecule has 8 rings (SSSR count). The van der Waals surface area contributed by atoms with Gasteiger partial charge in [-0.2, -0.15) is 0 Å². The van der Waals surface area contributed by atoms with E-state index in [1.807, 2.05) is 6.08 Å². The highest BCUT2D eigenvalue weighted by atomic mass is 28.4. The molecule has 0 aromatic carbocycles. The third kappa shape index (κ3) is 18.7. The predicted molar refractivity (Wildman–Crippen MR) is 372 cm³/mol. The van der Waals surface area contributed by atoms with E-state index in [4.69, 9.17) is 50.6 Å². The number of fused-ring (bicyclic) bond motifs is 2. The summed E-state index contributed by atoms with van der Waals surface area (Å²) in [6.07, 6.45) is 5.27. The first-order chi connectivity index (χ1) is 40.0. The SMILES string of the molecule is C=C1CC2CCC(O)/C=C/C(O[Si](C)(C)C(C)(C)C)[C@@H]3O[C@H]4CCC(CC(=O)CC5[C@@H](OC)C(CC(CO[Si](C)(C)C(C)(C)C)O[Si](C)(C)C(C)(C)C)O[C@H]5CC5OC(CCC1O2)C[C@@H](C)C5=C)O[C@@H]4C(O[Si](C)(C)C(C)(C)C)C3O[Si](C)(C)C(C)(C)C. The molecule has 8 bridgehead atoms. The third-order valence-corrected chi connectivity index (χ3v) is 46.1. The van der Waals surface area contributed by atoms with Crippen molar-refractivity contribution in [2.75, 3.05) is 13.7 Å². The van der Waals surface area contributed by atoms with Gasteiger partial charge in [0.05, 0.1) is 79.9 Å². The first kappa shape index (κ1) is 76.5. The Morgan fingerprint density at radius 1 is 0.545 bits per heavy atom. The second-order valence-corrected chi connectivity index (χ2v) is 59.5. The Bertz CT molecular complexity index is 2360. The van der Waals surface area contributed by atoms with Crippen LogP contribution in [0, 0.1) is 11.8 Å². The molecule has 0 aliphatic carbocycles. The number of carbonyl (C=O) groups is 1. The van der Waals surface area contributed by atoms with Crippen molar-refractivity contribution < 1.29 is 60.5 Å². The van der Waals surface area contributed by atoms with E-state index in [9.17, 15) is 5.11 Å². The first-order valence-electron chi connectivity index (χ1n) is 34.4. The molecule has 0 amide bonds. The van der Waals surface area contributed by atoms with Gasteiger partial charge in [0.15, 0.2) is 41.6 Å². The monoisotopic (exact) mass is 1320 g/mol. The van der Waals surface area contributed by atoms with Gasteiger partial charge in [0.25, 0.3) is 0 Å². The van der Waals surface area contributed by atoms with Gasteiger partial charge in [0.1, 0.15) is 30.2 Å². The van der Waals surface area contributed by atoms with Gasteiger partial charge in [0, 0.05) is 38.7 Å². The van der Waals surface area contributed by atoms with Gasteiger partial charge >= 0.3 is 0 Å². The fraction of sp³-hybridized carbons (Fsp3) is 0.900. The first-order valence-corrected chi connectivity index (χ1v) is 48.9. The zero-order chi connectivity index (χ0) is 66.5. The Morgan fingerprint density at radius 2 is 1.06 bits per heavy atom. The standard InChI is InChI=1S/C70H132O13Si5/c1-45-38-51-33-36-55-46(2)39-50(75-55)32-30-48(71)31-35-57(81-86(24,25)68(10,11)12)63-65(83-88(28,29)70(16,17)18)64(82-87(26,27)69(13,14)15)62-56(79-63)37-34-52(77-62)40-49(72)41-54-59(43-58(76-51)47(45)3)78-60(61(54)73-19)42-53(80-85(22,23)67(7,8)9)44-74-84(20,21)66(4,5)6/h31,35,45,48,50-65,71H,2-3,30,32-34,36-44H2,1,4-29H3/b35-31+/t45-,48?,50?,51?,52?,53?,54?,55?,56+,57?,58?,59+,60?,61-,62+,63+,64?,65?/m1/s1. The van der Waals surface area contributed by atoms with Crippen molar-refractivity contribution in [3.8, 4) is 0 Å². The minimum Gasteiger partial charge on any atom is -0.414 e. The number of methoxy groups -OCH3 is 1. The average molecular weight is 1320 g/mol. The molecule has 0 spiro atoms. The van der Waals surface area contributed by atoms with Crippen molar-refractivity contribution in [2.24, 2.45) is 11.8 Å². The molecule has 5 saturated heterocycles. The van der Waals surface area contributed by atoms with Crippen molar-refractivity contribution in [1.29, 1.82) is 0 Å². The van der Waals surface area contributed by atoms with Gasteiger partial charge in [-0.1, -0.05) is 136 Å². The maximum absolute atomic E-state index is 15.4. The fourth-order valence-corrected chi connectivity index (χ4v) is 18.8. The van der Waals surface area contributed by atoms with Gasteiger partial charge in [-0.3, -0.25) is 4.79 Å². The summed E-state index contributed by atoms with van der Waals surface area (Å²) in [5.74, 6) is 0.0699. The van der Waals surface area contributed by atoms with Crippen LogP contribution in [0.5, 0.6) is 0 Å². The number of Topliss-reactive ketones (excluding diaryl/α,β-unsaturated/α-hetero) is 1. The summed E-state index contributed by atoms with van der Waals surface area (Å²) >= 11 is 0. The lowest BCUT2D eigenvalue weighted by Crippen LogP contribution is -2.69. The Morgan fingerprint density at radius 3 is 1.61 bits per heavy atom. The van der Waals surface area contributed by atoms with Gasteiger partial charge in [-0.15, -0.1) is 0 Å². The van der Waals surface area contributed by atoms with Crippen molar-refractivity contribution in [1.82, 2.24) is 0 Å². The maximum Gasteiger partial charge on any atom is 0.193 e. The number of ether oxygens (including phenoxy) is 6. The Balaban J connectivity index is 1.45. The molecule has 1 N–H and O–H groups in total. The van der Waals surface area contributed by atoms with Crippen molar-refractivity contribution in [3.63, 3.8) is 0 Å². The number of carbonyl (C=O) groups excluding carboxylic acids is 1. The summed E-state index contributed by atoms with van der Waals surface area (Å²) in [7, 11) is -10.3. The lowest BCUT2D eigenvalue weighted by molar-refractivity contribution is -0.266. The lowest BCUT2D eigenvalue weighted by Gasteiger charge is -2.56. The average Bonchev–Trinajstić information content (AvgIpc) is 0.954. The highest BCUT2D eigenvalue weighted by Gasteiger charge is 2.59. The second-order valence-electron chi connectivity index (χ2n) is 35.7. The van der Waals surface area contributed by atoms with Crippen LogP contribution in [0.25, 0.3) is 0 Å². The van der Waals surface area contributed by atoms with Gasteiger partial charge in [-0.25, -0.2) is 0 Å². The van der Waals surface area contributed by atoms with Gasteiger partial charge in [0.2, 0.25) is 0 Å². The Labute approximate surface area is 543 Å². The largest absolute Gasteiger partial charge is 0.414 e. The molecular weight excluding hydrogens is 1190 g/mol. The van der Waals surface area contributed by atoms with Crippen LogP contribution in [-0.4, -0.2) is 164 Å². The molecule has 0 aromatic rings. The zero-order valence-electron chi connectivity index (χ0n) is 61.0. The van der Waals surface area contributed by atoms with E-state index < -0.39 is 84.3 Å². The summed E-state index contributed by atoms with van der Waals surface area (Å²) in [4.78, 5) is 15.4. The molecule has 8 aliphatic rings. The van der Waals surface area contributed by atoms with Crippen molar-refractivity contribution >= 4 is 47.4 Å². The smallest absolute Gasteiger partial charge is 0.193 e. The Hall–Kier alpha value is -0.506. The fourth-order valence-electron chi connectivity index (χ4n) is 12.5. The number of rotatable bonds is 14. The van der Waals surface area contributed by atoms with E-state index >= 15 is 4.79 Å². The molecule has 8 aliphatic heterocycles. The topological polar surface area (TPSA) is 139 Å². The lowest BCUT2D eigenvalue weighted by atomic mass is 9.81. The van der Waals surface area contributed by atoms with Crippen LogP contribution in [0.1, 0.15) is 188 Å². The summed E-state index contributed by atoms with van der Waals surface area (Å²) in [6, 6.07) is 0. The molecule has 0 radical (unpaired) electrons. The summed E-state index contributed by atoms with van der Waals surface area (Å²) in [6.45, 7) is 69.2.